The highest BCUT2D eigenvalue weighted by Gasteiger charge is 1.99. The van der Waals surface area contributed by atoms with Gasteiger partial charge in [-0.2, -0.15) is 0 Å². The molecule has 0 atom stereocenters. The fourth-order valence-electron chi connectivity index (χ4n) is 1.36. The lowest BCUT2D eigenvalue weighted by molar-refractivity contribution is 0.350. The first-order valence-corrected chi connectivity index (χ1v) is 4.45. The van der Waals surface area contributed by atoms with Crippen LogP contribution in [-0.2, 0) is 0 Å². The summed E-state index contributed by atoms with van der Waals surface area (Å²) in [6.07, 6.45) is 1.74. The molecule has 1 aromatic carbocycles. The lowest BCUT2D eigenvalue weighted by Crippen LogP contribution is -1.90. The van der Waals surface area contributed by atoms with E-state index in [1.165, 1.54) is 0 Å². The van der Waals surface area contributed by atoms with E-state index >= 15 is 0 Å². The minimum atomic E-state index is -0.0278. The van der Waals surface area contributed by atoms with Gasteiger partial charge >= 0.3 is 0 Å². The molecule has 1 N–H and O–H groups in total. The van der Waals surface area contributed by atoms with Crippen LogP contribution in [0.1, 0.15) is 5.56 Å². The maximum atomic E-state index is 8.93. The Bertz CT molecular complexity index is 476. The van der Waals surface area contributed by atoms with Crippen LogP contribution in [0, 0.1) is 0 Å². The van der Waals surface area contributed by atoms with Gasteiger partial charge in [0, 0.05) is 11.6 Å². The zero-order chi connectivity index (χ0) is 9.97. The summed E-state index contributed by atoms with van der Waals surface area (Å²) in [7, 11) is 0. The number of hydrogen-bond acceptors (Lipinski definition) is 2. The van der Waals surface area contributed by atoms with Crippen LogP contribution in [0.2, 0.25) is 0 Å². The quantitative estimate of drug-likeness (QED) is 0.778. The molecule has 0 spiro atoms. The molecule has 0 aliphatic heterocycles. The summed E-state index contributed by atoms with van der Waals surface area (Å²) < 4.78 is 0. The number of fused-ring (bicyclic) bond motifs is 1. The third-order valence-corrected chi connectivity index (χ3v) is 2.19. The van der Waals surface area contributed by atoms with Gasteiger partial charge in [0.25, 0.3) is 0 Å². The highest BCUT2D eigenvalue weighted by atomic mass is 16.3. The van der Waals surface area contributed by atoms with E-state index in [9.17, 15) is 0 Å². The van der Waals surface area contributed by atoms with Gasteiger partial charge in [0.15, 0.2) is 0 Å². The zero-order valence-electron chi connectivity index (χ0n) is 7.77. The number of benzene rings is 1. The van der Waals surface area contributed by atoms with E-state index < -0.39 is 0 Å². The Balaban J connectivity index is 2.56. The van der Waals surface area contributed by atoms with Gasteiger partial charge in [0.05, 0.1) is 12.1 Å². The Morgan fingerprint density at radius 2 is 2.14 bits per heavy atom. The molecule has 0 fully saturated rings. The van der Waals surface area contributed by atoms with Crippen LogP contribution < -0.4 is 0 Å². The van der Waals surface area contributed by atoms with Gasteiger partial charge in [-0.1, -0.05) is 24.8 Å². The Morgan fingerprint density at radius 1 is 1.36 bits per heavy atom. The maximum absolute atomic E-state index is 8.93. The van der Waals surface area contributed by atoms with E-state index in [4.69, 9.17) is 5.11 Å². The molecule has 0 radical (unpaired) electrons. The highest BCUT2D eigenvalue weighted by molar-refractivity contribution is 5.82. The fraction of sp³-hybridized carbons (Fsp3) is 0.0833. The van der Waals surface area contributed by atoms with Gasteiger partial charge in [-0.3, -0.25) is 4.98 Å². The normalized spacial score (nSPS) is 10.4. The molecule has 1 aromatic heterocycles. The van der Waals surface area contributed by atoms with Crippen LogP contribution in [-0.4, -0.2) is 16.7 Å². The van der Waals surface area contributed by atoms with E-state index in [2.05, 4.69) is 11.6 Å². The summed E-state index contributed by atoms with van der Waals surface area (Å²) >= 11 is 0. The smallest absolute Gasteiger partial charge is 0.0702 e. The first kappa shape index (κ1) is 8.91. The molecule has 0 saturated heterocycles. The van der Waals surface area contributed by atoms with Crippen LogP contribution in [0.15, 0.2) is 43.1 Å². The maximum Gasteiger partial charge on any atom is 0.0702 e. The topological polar surface area (TPSA) is 33.1 Å². The van der Waals surface area contributed by atoms with E-state index in [-0.39, 0.29) is 6.61 Å². The Hall–Kier alpha value is -1.67. The van der Waals surface area contributed by atoms with Crippen molar-refractivity contribution in [3.63, 3.8) is 0 Å². The molecule has 2 rings (SSSR count). The summed E-state index contributed by atoms with van der Waals surface area (Å²) in [5.41, 5.74) is 2.55. The Kier molecular flexibility index (Phi) is 2.29. The van der Waals surface area contributed by atoms with Crippen molar-refractivity contribution in [3.05, 3.63) is 48.7 Å². The number of aliphatic hydroxyl groups is 1. The molecular formula is C12H11NO. The predicted octanol–water partition coefficient (Wildman–Crippen LogP) is 2.24. The Labute approximate surface area is 82.5 Å². The molecule has 0 amide bonds. The number of hydrogen-bond donors (Lipinski definition) is 1. The molecule has 0 aliphatic rings. The van der Waals surface area contributed by atoms with E-state index in [0.29, 0.717) is 5.57 Å². The number of aromatic nitrogens is 1. The second-order valence-electron chi connectivity index (χ2n) is 3.18. The number of nitrogens with zero attached hydrogens (tertiary/aromatic N) is 1. The molecule has 0 aliphatic carbocycles. The van der Waals surface area contributed by atoms with Gasteiger partial charge in [-0.15, -0.1) is 0 Å². The summed E-state index contributed by atoms with van der Waals surface area (Å²) in [6, 6.07) is 9.86. The van der Waals surface area contributed by atoms with Gasteiger partial charge in [-0.05, 0) is 23.3 Å². The first-order valence-electron chi connectivity index (χ1n) is 4.45. The molecule has 2 nitrogen and oxygen atoms in total. The molecule has 0 bridgehead atoms. The summed E-state index contributed by atoms with van der Waals surface area (Å²) in [4.78, 5) is 4.28. The highest BCUT2D eigenvalue weighted by Crippen LogP contribution is 2.17. The predicted molar refractivity (Wildman–Crippen MR) is 57.9 cm³/mol. The summed E-state index contributed by atoms with van der Waals surface area (Å²) in [5, 5.41) is 10.0. The summed E-state index contributed by atoms with van der Waals surface area (Å²) in [5.74, 6) is 0. The minimum absolute atomic E-state index is 0.0278. The standard InChI is InChI=1S/C12H11NO/c1-9(8-14)11-6-10-4-2-3-5-12(10)13-7-11/h2-7,14H,1,8H2. The largest absolute Gasteiger partial charge is 0.392 e. The molecular weight excluding hydrogens is 174 g/mol. The second kappa shape index (κ2) is 3.60. The molecule has 0 unspecified atom stereocenters. The zero-order valence-corrected chi connectivity index (χ0v) is 7.77. The minimum Gasteiger partial charge on any atom is -0.392 e. The average molecular weight is 185 g/mol. The van der Waals surface area contributed by atoms with Gasteiger partial charge in [0.2, 0.25) is 0 Å². The van der Waals surface area contributed by atoms with Crippen molar-refractivity contribution in [2.75, 3.05) is 6.61 Å². The van der Waals surface area contributed by atoms with Gasteiger partial charge in [-0.25, -0.2) is 0 Å². The van der Waals surface area contributed by atoms with Crippen LogP contribution in [0.3, 0.4) is 0 Å². The number of pyridine rings is 1. The van der Waals surface area contributed by atoms with Crippen LogP contribution >= 0.6 is 0 Å². The number of aliphatic hydroxyl groups excluding tert-OH is 1. The van der Waals surface area contributed by atoms with E-state index in [1.807, 2.05) is 30.3 Å². The lowest BCUT2D eigenvalue weighted by atomic mass is 10.1. The van der Waals surface area contributed by atoms with Crippen LogP contribution in [0.5, 0.6) is 0 Å². The molecule has 70 valence electrons. The van der Waals surface area contributed by atoms with Gasteiger partial charge in [0.1, 0.15) is 0 Å². The second-order valence-corrected chi connectivity index (χ2v) is 3.18. The third kappa shape index (κ3) is 1.52. The van der Waals surface area contributed by atoms with Crippen LogP contribution in [0.25, 0.3) is 16.5 Å². The monoisotopic (exact) mass is 185 g/mol. The lowest BCUT2D eigenvalue weighted by Gasteiger charge is -2.03. The van der Waals surface area contributed by atoms with Crippen molar-refractivity contribution in [2.45, 2.75) is 0 Å². The SMILES string of the molecule is C=C(CO)c1cnc2ccccc2c1. The molecule has 0 saturated carbocycles. The van der Waals surface area contributed by atoms with E-state index in [0.717, 1.165) is 16.5 Å². The van der Waals surface area contributed by atoms with Crippen molar-refractivity contribution in [1.82, 2.24) is 4.98 Å². The molecule has 14 heavy (non-hydrogen) atoms. The van der Waals surface area contributed by atoms with Crippen molar-refractivity contribution in [3.8, 4) is 0 Å². The Morgan fingerprint density at radius 3 is 2.93 bits per heavy atom. The molecule has 2 heteroatoms. The average Bonchev–Trinajstić information content (AvgIpc) is 2.27. The van der Waals surface area contributed by atoms with Crippen molar-refractivity contribution >= 4 is 16.5 Å². The van der Waals surface area contributed by atoms with Gasteiger partial charge < -0.3 is 5.11 Å². The third-order valence-electron chi connectivity index (χ3n) is 2.19. The van der Waals surface area contributed by atoms with Crippen molar-refractivity contribution in [1.29, 1.82) is 0 Å². The van der Waals surface area contributed by atoms with Crippen molar-refractivity contribution in [2.24, 2.45) is 0 Å². The van der Waals surface area contributed by atoms with Crippen molar-refractivity contribution < 1.29 is 5.11 Å². The first-order chi connectivity index (χ1) is 6.81. The summed E-state index contributed by atoms with van der Waals surface area (Å²) in [6.45, 7) is 3.73. The fourth-order valence-corrected chi connectivity index (χ4v) is 1.36. The number of para-hydroxylation sites is 1. The number of rotatable bonds is 2. The molecule has 1 heterocycles. The van der Waals surface area contributed by atoms with E-state index in [1.54, 1.807) is 6.20 Å². The molecule has 2 aromatic rings. The van der Waals surface area contributed by atoms with Crippen LogP contribution in [0.4, 0.5) is 0 Å².